The molecule has 0 aliphatic rings. The standard InChI is InChI=1S/C18H18ClN3O3S/c1-26(24,25)22(17-4-2-3-15(11-17)13-20)10-9-21-18(23)12-14-5-7-16(19)8-6-14/h2-8,11H,9-10,12H2,1H3,(H,21,23). The Morgan fingerprint density at radius 2 is 1.92 bits per heavy atom. The van der Waals surface area contributed by atoms with Crippen molar-refractivity contribution in [1.82, 2.24) is 5.32 Å². The van der Waals surface area contributed by atoms with Crippen LogP contribution in [0.2, 0.25) is 5.02 Å². The van der Waals surface area contributed by atoms with Crippen LogP contribution in [0.15, 0.2) is 48.5 Å². The average molecular weight is 392 g/mol. The van der Waals surface area contributed by atoms with Gasteiger partial charge in [0, 0.05) is 11.6 Å². The summed E-state index contributed by atoms with van der Waals surface area (Å²) >= 11 is 5.81. The van der Waals surface area contributed by atoms with Crippen LogP contribution in [0.1, 0.15) is 11.1 Å². The van der Waals surface area contributed by atoms with Crippen LogP contribution >= 0.6 is 11.6 Å². The summed E-state index contributed by atoms with van der Waals surface area (Å²) in [5, 5.41) is 12.3. The maximum Gasteiger partial charge on any atom is 0.232 e. The van der Waals surface area contributed by atoms with Gasteiger partial charge in [0.1, 0.15) is 0 Å². The minimum atomic E-state index is -3.55. The van der Waals surface area contributed by atoms with Crippen molar-refractivity contribution >= 4 is 33.2 Å². The number of carbonyl (C=O) groups is 1. The second-order valence-corrected chi connectivity index (χ2v) is 7.99. The number of halogens is 1. The predicted molar refractivity (Wildman–Crippen MR) is 102 cm³/mol. The third-order valence-electron chi connectivity index (χ3n) is 3.58. The molecule has 2 aromatic carbocycles. The van der Waals surface area contributed by atoms with E-state index in [0.29, 0.717) is 16.3 Å². The van der Waals surface area contributed by atoms with Gasteiger partial charge in [0.2, 0.25) is 15.9 Å². The molecule has 0 aliphatic heterocycles. The van der Waals surface area contributed by atoms with Gasteiger partial charge in [0.05, 0.1) is 36.5 Å². The maximum absolute atomic E-state index is 12.0. The van der Waals surface area contributed by atoms with E-state index in [1.54, 1.807) is 42.5 Å². The molecule has 0 atom stereocenters. The van der Waals surface area contributed by atoms with Crippen LogP contribution < -0.4 is 9.62 Å². The zero-order valence-electron chi connectivity index (χ0n) is 14.1. The summed E-state index contributed by atoms with van der Waals surface area (Å²) in [6.07, 6.45) is 1.27. The number of hydrogen-bond acceptors (Lipinski definition) is 4. The van der Waals surface area contributed by atoms with Crippen LogP contribution in [0.3, 0.4) is 0 Å². The van der Waals surface area contributed by atoms with Gasteiger partial charge in [-0.25, -0.2) is 8.42 Å². The Balaban J connectivity index is 1.98. The molecule has 0 saturated heterocycles. The Hall–Kier alpha value is -2.56. The summed E-state index contributed by atoms with van der Waals surface area (Å²) in [6.45, 7) is 0.219. The van der Waals surface area contributed by atoms with Crippen molar-refractivity contribution in [3.05, 3.63) is 64.7 Å². The Morgan fingerprint density at radius 1 is 1.23 bits per heavy atom. The molecule has 0 aromatic heterocycles. The third kappa shape index (κ3) is 5.76. The molecule has 26 heavy (non-hydrogen) atoms. The number of nitriles is 1. The van der Waals surface area contributed by atoms with Crippen LogP contribution in [0.4, 0.5) is 5.69 Å². The highest BCUT2D eigenvalue weighted by Crippen LogP contribution is 2.18. The summed E-state index contributed by atoms with van der Waals surface area (Å²) in [7, 11) is -3.55. The lowest BCUT2D eigenvalue weighted by Gasteiger charge is -2.22. The van der Waals surface area contributed by atoms with Gasteiger partial charge >= 0.3 is 0 Å². The molecule has 0 fully saturated rings. The molecular weight excluding hydrogens is 374 g/mol. The van der Waals surface area contributed by atoms with E-state index in [4.69, 9.17) is 16.9 Å². The summed E-state index contributed by atoms with van der Waals surface area (Å²) in [6, 6.07) is 15.2. The van der Waals surface area contributed by atoms with Gasteiger partial charge in [-0.3, -0.25) is 9.10 Å². The van der Waals surface area contributed by atoms with Gasteiger partial charge in [-0.2, -0.15) is 5.26 Å². The van der Waals surface area contributed by atoms with Crippen LogP contribution in [0.5, 0.6) is 0 Å². The lowest BCUT2D eigenvalue weighted by Crippen LogP contribution is -2.38. The van der Waals surface area contributed by atoms with Gasteiger partial charge < -0.3 is 5.32 Å². The number of nitrogens with one attached hydrogen (secondary N) is 1. The van der Waals surface area contributed by atoms with Crippen molar-refractivity contribution < 1.29 is 13.2 Å². The molecule has 1 N–H and O–H groups in total. The number of amides is 1. The minimum absolute atomic E-state index is 0.0695. The molecule has 1 amide bonds. The lowest BCUT2D eigenvalue weighted by atomic mass is 10.1. The molecule has 6 nitrogen and oxygen atoms in total. The molecule has 8 heteroatoms. The quantitative estimate of drug-likeness (QED) is 0.784. The summed E-state index contributed by atoms with van der Waals surface area (Å²) in [4.78, 5) is 12.0. The molecule has 136 valence electrons. The number of sulfonamides is 1. The number of nitrogens with zero attached hydrogens (tertiary/aromatic N) is 2. The second kappa shape index (κ2) is 8.70. The second-order valence-electron chi connectivity index (χ2n) is 5.65. The van der Waals surface area contributed by atoms with E-state index < -0.39 is 10.0 Å². The number of anilines is 1. The van der Waals surface area contributed by atoms with Crippen LogP contribution in [0, 0.1) is 11.3 Å². The molecular formula is C18H18ClN3O3S. The normalized spacial score (nSPS) is 10.8. The summed E-state index contributed by atoms with van der Waals surface area (Å²) in [5.74, 6) is -0.216. The van der Waals surface area contributed by atoms with Crippen molar-refractivity contribution in [2.75, 3.05) is 23.7 Å². The van der Waals surface area contributed by atoms with E-state index in [9.17, 15) is 13.2 Å². The van der Waals surface area contributed by atoms with Gasteiger partial charge in [0.25, 0.3) is 0 Å². The highest BCUT2D eigenvalue weighted by Gasteiger charge is 2.17. The van der Waals surface area contributed by atoms with E-state index in [2.05, 4.69) is 5.32 Å². The molecule has 0 spiro atoms. The van der Waals surface area contributed by atoms with E-state index in [-0.39, 0.29) is 25.4 Å². The van der Waals surface area contributed by atoms with Crippen molar-refractivity contribution in [2.45, 2.75) is 6.42 Å². The van der Waals surface area contributed by atoms with Crippen LogP contribution in [-0.2, 0) is 21.2 Å². The smallest absolute Gasteiger partial charge is 0.232 e. The van der Waals surface area contributed by atoms with Gasteiger partial charge in [-0.1, -0.05) is 29.8 Å². The first-order chi connectivity index (χ1) is 12.3. The largest absolute Gasteiger partial charge is 0.354 e. The van der Waals surface area contributed by atoms with Crippen molar-refractivity contribution in [2.24, 2.45) is 0 Å². The molecule has 0 radical (unpaired) electrons. The number of hydrogen-bond donors (Lipinski definition) is 1. The number of carbonyl (C=O) groups excluding carboxylic acids is 1. The molecule has 0 aliphatic carbocycles. The first-order valence-corrected chi connectivity index (χ1v) is 10.0. The summed E-state index contributed by atoms with van der Waals surface area (Å²) < 4.78 is 25.3. The monoisotopic (exact) mass is 391 g/mol. The lowest BCUT2D eigenvalue weighted by molar-refractivity contribution is -0.120. The van der Waals surface area contributed by atoms with Gasteiger partial charge in [-0.15, -0.1) is 0 Å². The molecule has 0 heterocycles. The average Bonchev–Trinajstić information content (AvgIpc) is 2.59. The number of rotatable bonds is 7. The molecule has 2 aromatic rings. The van der Waals surface area contributed by atoms with Gasteiger partial charge in [-0.05, 0) is 35.9 Å². The van der Waals surface area contributed by atoms with Crippen LogP contribution in [-0.4, -0.2) is 33.7 Å². The molecule has 0 saturated carbocycles. The highest BCUT2D eigenvalue weighted by molar-refractivity contribution is 7.92. The van der Waals surface area contributed by atoms with Crippen LogP contribution in [0.25, 0.3) is 0 Å². The summed E-state index contributed by atoms with van der Waals surface area (Å²) in [5.41, 5.74) is 1.56. The van der Waals surface area contributed by atoms with Crippen molar-refractivity contribution in [3.8, 4) is 6.07 Å². The third-order valence-corrected chi connectivity index (χ3v) is 5.02. The number of benzene rings is 2. The zero-order valence-corrected chi connectivity index (χ0v) is 15.7. The van der Waals surface area contributed by atoms with E-state index in [0.717, 1.165) is 16.1 Å². The zero-order chi connectivity index (χ0) is 19.2. The predicted octanol–water partition coefficient (Wildman–Crippen LogP) is 2.34. The van der Waals surface area contributed by atoms with E-state index >= 15 is 0 Å². The first-order valence-electron chi connectivity index (χ1n) is 7.78. The SMILES string of the molecule is CS(=O)(=O)N(CCNC(=O)Cc1ccc(Cl)cc1)c1cccc(C#N)c1. The van der Waals surface area contributed by atoms with Gasteiger partial charge in [0.15, 0.2) is 0 Å². The maximum atomic E-state index is 12.0. The van der Waals surface area contributed by atoms with Crippen molar-refractivity contribution in [1.29, 1.82) is 5.26 Å². The topological polar surface area (TPSA) is 90.3 Å². The fraction of sp³-hybridized carbons (Fsp3) is 0.222. The Kier molecular flexibility index (Phi) is 6.61. The Labute approximate surface area is 158 Å². The van der Waals surface area contributed by atoms with E-state index in [1.807, 2.05) is 6.07 Å². The first kappa shape index (κ1) is 19.8. The fourth-order valence-electron chi connectivity index (χ4n) is 2.36. The minimum Gasteiger partial charge on any atom is -0.354 e. The molecule has 2 rings (SSSR count). The molecule has 0 bridgehead atoms. The van der Waals surface area contributed by atoms with Crippen molar-refractivity contribution in [3.63, 3.8) is 0 Å². The fourth-order valence-corrected chi connectivity index (χ4v) is 3.41. The molecule has 0 unspecified atom stereocenters. The van der Waals surface area contributed by atoms with E-state index in [1.165, 1.54) is 6.07 Å². The Morgan fingerprint density at radius 3 is 2.54 bits per heavy atom. The highest BCUT2D eigenvalue weighted by atomic mass is 35.5. The Bertz CT molecular complexity index is 921.